The Morgan fingerprint density at radius 3 is 2.74 bits per heavy atom. The second-order valence-electron chi connectivity index (χ2n) is 7.83. The number of furan rings is 1. The normalized spacial score (nSPS) is 11.8. The van der Waals surface area contributed by atoms with E-state index in [0.29, 0.717) is 0 Å². The van der Waals surface area contributed by atoms with Crippen molar-refractivity contribution in [3.05, 3.63) is 72.1 Å². The molecule has 4 aromatic rings. The second-order valence-corrected chi connectivity index (χ2v) is 7.83. The van der Waals surface area contributed by atoms with Crippen molar-refractivity contribution >= 4 is 33.5 Å². The van der Waals surface area contributed by atoms with E-state index in [9.17, 15) is 4.79 Å². The van der Waals surface area contributed by atoms with Crippen molar-refractivity contribution < 1.29 is 9.21 Å². The maximum atomic E-state index is 12.7. The molecule has 1 N–H and O–H groups in total. The molecule has 4 nitrogen and oxygen atoms in total. The molecule has 0 aliphatic carbocycles. The average molecular weight is 358 g/mol. The van der Waals surface area contributed by atoms with Gasteiger partial charge in [-0.2, -0.15) is 0 Å². The van der Waals surface area contributed by atoms with Gasteiger partial charge < -0.3 is 9.73 Å². The van der Waals surface area contributed by atoms with Gasteiger partial charge in [-0.1, -0.05) is 45.0 Å². The van der Waals surface area contributed by atoms with Gasteiger partial charge in [-0.3, -0.25) is 9.78 Å². The van der Waals surface area contributed by atoms with E-state index in [2.05, 4.69) is 43.2 Å². The smallest absolute Gasteiger partial charge is 0.228 e. The van der Waals surface area contributed by atoms with Crippen LogP contribution in [0.5, 0.6) is 0 Å². The lowest BCUT2D eigenvalue weighted by molar-refractivity contribution is -0.115. The summed E-state index contributed by atoms with van der Waals surface area (Å²) in [7, 11) is 0. The zero-order valence-corrected chi connectivity index (χ0v) is 15.7. The molecule has 0 unspecified atom stereocenters. The van der Waals surface area contributed by atoms with Gasteiger partial charge in [-0.25, -0.2) is 0 Å². The number of nitrogens with zero attached hydrogens (tertiary/aromatic N) is 1. The lowest BCUT2D eigenvalue weighted by atomic mass is 9.86. The van der Waals surface area contributed by atoms with Crippen LogP contribution >= 0.6 is 0 Å². The van der Waals surface area contributed by atoms with E-state index in [-0.39, 0.29) is 17.7 Å². The zero-order valence-electron chi connectivity index (χ0n) is 15.7. The maximum absolute atomic E-state index is 12.7. The molecule has 2 aromatic heterocycles. The highest BCUT2D eigenvalue weighted by Crippen LogP contribution is 2.29. The number of benzene rings is 2. The van der Waals surface area contributed by atoms with E-state index < -0.39 is 0 Å². The minimum absolute atomic E-state index is 0.0413. The molecule has 0 aliphatic heterocycles. The van der Waals surface area contributed by atoms with Crippen LogP contribution in [0.2, 0.25) is 0 Å². The summed E-state index contributed by atoms with van der Waals surface area (Å²) in [6.45, 7) is 6.52. The first-order valence-electron chi connectivity index (χ1n) is 9.06. The van der Waals surface area contributed by atoms with Crippen LogP contribution in [0, 0.1) is 0 Å². The Morgan fingerprint density at radius 1 is 1.11 bits per heavy atom. The summed E-state index contributed by atoms with van der Waals surface area (Å²) in [5.41, 5.74) is 4.47. The van der Waals surface area contributed by atoms with Crippen molar-refractivity contribution in [1.82, 2.24) is 4.98 Å². The highest BCUT2D eigenvalue weighted by Gasteiger charge is 2.17. The van der Waals surface area contributed by atoms with E-state index >= 15 is 0 Å². The van der Waals surface area contributed by atoms with Gasteiger partial charge in [0, 0.05) is 22.5 Å². The fraction of sp³-hybridized carbons (Fsp3) is 0.217. The van der Waals surface area contributed by atoms with Crippen LogP contribution in [0.1, 0.15) is 31.9 Å². The molecule has 136 valence electrons. The van der Waals surface area contributed by atoms with Gasteiger partial charge >= 0.3 is 0 Å². The predicted octanol–water partition coefficient (Wildman–Crippen LogP) is 5.46. The third-order valence-electron chi connectivity index (χ3n) is 4.78. The molecule has 0 fully saturated rings. The molecule has 0 aliphatic rings. The van der Waals surface area contributed by atoms with Crippen LogP contribution in [-0.2, 0) is 16.6 Å². The molecule has 27 heavy (non-hydrogen) atoms. The molecular weight excluding hydrogens is 336 g/mol. The number of aromatic nitrogens is 1. The highest BCUT2D eigenvalue weighted by molar-refractivity contribution is 6.01. The molecule has 4 rings (SSSR count). The average Bonchev–Trinajstić information content (AvgIpc) is 3.03. The summed E-state index contributed by atoms with van der Waals surface area (Å²) in [6, 6.07) is 15.8. The van der Waals surface area contributed by atoms with E-state index in [0.717, 1.165) is 33.1 Å². The Balaban J connectivity index is 1.61. The number of anilines is 1. The van der Waals surface area contributed by atoms with Crippen molar-refractivity contribution in [3.63, 3.8) is 0 Å². The number of carbonyl (C=O) groups is 1. The summed E-state index contributed by atoms with van der Waals surface area (Å²) in [5, 5.41) is 4.98. The molecule has 0 radical (unpaired) electrons. The lowest BCUT2D eigenvalue weighted by Crippen LogP contribution is -2.15. The van der Waals surface area contributed by atoms with E-state index in [4.69, 9.17) is 4.42 Å². The number of fused-ring (bicyclic) bond motifs is 2. The van der Waals surface area contributed by atoms with Gasteiger partial charge in [0.2, 0.25) is 5.91 Å². The minimum atomic E-state index is -0.0861. The first-order valence-corrected chi connectivity index (χ1v) is 9.06. The van der Waals surface area contributed by atoms with Crippen LogP contribution in [-0.4, -0.2) is 10.9 Å². The fourth-order valence-electron chi connectivity index (χ4n) is 3.26. The monoisotopic (exact) mass is 358 g/mol. The molecule has 4 heteroatoms. The van der Waals surface area contributed by atoms with Gasteiger partial charge in [0.05, 0.1) is 23.9 Å². The number of rotatable bonds is 3. The molecule has 2 heterocycles. The SMILES string of the molecule is CC(C)(C)c1ccc2occ(CC(=O)Nc3cccc4cccnc34)c2c1. The summed E-state index contributed by atoms with van der Waals surface area (Å²) >= 11 is 0. The second kappa shape index (κ2) is 6.54. The van der Waals surface area contributed by atoms with Crippen LogP contribution in [0.25, 0.3) is 21.9 Å². The van der Waals surface area contributed by atoms with E-state index in [1.807, 2.05) is 36.4 Å². The first-order chi connectivity index (χ1) is 12.9. The standard InChI is InChI=1S/C23H22N2O2/c1-23(2,3)17-9-10-20-18(13-17)16(14-27-20)12-21(26)25-19-8-4-6-15-7-5-11-24-22(15)19/h4-11,13-14H,12H2,1-3H3,(H,25,26). The number of hydrogen-bond acceptors (Lipinski definition) is 3. The van der Waals surface area contributed by atoms with Crippen molar-refractivity contribution in [2.75, 3.05) is 5.32 Å². The van der Waals surface area contributed by atoms with E-state index in [1.165, 1.54) is 5.56 Å². The highest BCUT2D eigenvalue weighted by atomic mass is 16.3. The molecule has 0 saturated heterocycles. The number of nitrogens with one attached hydrogen (secondary N) is 1. The Labute approximate surface area is 158 Å². The van der Waals surface area contributed by atoms with Gasteiger partial charge in [0.15, 0.2) is 0 Å². The zero-order chi connectivity index (χ0) is 19.0. The fourth-order valence-corrected chi connectivity index (χ4v) is 3.26. The molecule has 2 aromatic carbocycles. The van der Waals surface area contributed by atoms with Crippen LogP contribution in [0.3, 0.4) is 0 Å². The number of hydrogen-bond donors (Lipinski definition) is 1. The first kappa shape index (κ1) is 17.3. The Bertz CT molecular complexity index is 1130. The maximum Gasteiger partial charge on any atom is 0.228 e. The minimum Gasteiger partial charge on any atom is -0.464 e. The Hall–Kier alpha value is -3.14. The molecular formula is C23H22N2O2. The molecule has 0 spiro atoms. The largest absolute Gasteiger partial charge is 0.464 e. The van der Waals surface area contributed by atoms with Gasteiger partial charge in [0.25, 0.3) is 0 Å². The summed E-state index contributed by atoms with van der Waals surface area (Å²) in [5.74, 6) is -0.0861. The summed E-state index contributed by atoms with van der Waals surface area (Å²) in [4.78, 5) is 17.1. The lowest BCUT2D eigenvalue weighted by Gasteiger charge is -2.18. The summed E-state index contributed by atoms with van der Waals surface area (Å²) < 4.78 is 5.65. The topological polar surface area (TPSA) is 55.1 Å². The van der Waals surface area contributed by atoms with Gasteiger partial charge in [-0.15, -0.1) is 0 Å². The summed E-state index contributed by atoms with van der Waals surface area (Å²) in [6.07, 6.45) is 3.66. The van der Waals surface area contributed by atoms with E-state index in [1.54, 1.807) is 12.5 Å². The van der Waals surface area contributed by atoms with Crippen molar-refractivity contribution in [2.45, 2.75) is 32.6 Å². The number of pyridine rings is 1. The molecule has 0 atom stereocenters. The predicted molar refractivity (Wildman–Crippen MR) is 109 cm³/mol. The van der Waals surface area contributed by atoms with Crippen LogP contribution < -0.4 is 5.32 Å². The van der Waals surface area contributed by atoms with Gasteiger partial charge in [-0.05, 0) is 35.2 Å². The number of para-hydroxylation sites is 1. The number of carbonyl (C=O) groups excluding carboxylic acids is 1. The van der Waals surface area contributed by atoms with Crippen molar-refractivity contribution in [2.24, 2.45) is 0 Å². The van der Waals surface area contributed by atoms with Crippen LogP contribution in [0.4, 0.5) is 5.69 Å². The Morgan fingerprint density at radius 2 is 1.93 bits per heavy atom. The quantitative estimate of drug-likeness (QED) is 0.529. The van der Waals surface area contributed by atoms with Crippen molar-refractivity contribution in [3.8, 4) is 0 Å². The van der Waals surface area contributed by atoms with Crippen molar-refractivity contribution in [1.29, 1.82) is 0 Å². The molecule has 0 saturated carbocycles. The molecule has 1 amide bonds. The van der Waals surface area contributed by atoms with Crippen LogP contribution in [0.15, 0.2) is 65.4 Å². The number of amides is 1. The third-order valence-corrected chi connectivity index (χ3v) is 4.78. The third kappa shape index (κ3) is 3.43. The Kier molecular flexibility index (Phi) is 4.19. The molecule has 0 bridgehead atoms. The van der Waals surface area contributed by atoms with Gasteiger partial charge in [0.1, 0.15) is 5.58 Å².